The third kappa shape index (κ3) is 4.78. The number of hydrogen-bond donors (Lipinski definition) is 0. The zero-order chi connectivity index (χ0) is 8.91. The van der Waals surface area contributed by atoms with Gasteiger partial charge in [-0.25, -0.2) is 0 Å². The molecule has 0 aromatic heterocycles. The van der Waals surface area contributed by atoms with Crippen LogP contribution in [-0.2, 0) is 9.53 Å². The van der Waals surface area contributed by atoms with E-state index in [1.165, 1.54) is 0 Å². The van der Waals surface area contributed by atoms with Crippen molar-refractivity contribution in [2.24, 2.45) is 0 Å². The maximum atomic E-state index is 11.0. The first kappa shape index (κ1) is 10.4. The third-order valence-electron chi connectivity index (χ3n) is 1.46. The average molecular weight is 172 g/mol. The Morgan fingerprint density at radius 3 is 2.55 bits per heavy atom. The normalized spacial score (nSPS) is 10.8. The zero-order valence-electron chi connectivity index (χ0n) is 7.52. The van der Waals surface area contributed by atoms with E-state index in [1.54, 1.807) is 0 Å². The Morgan fingerprint density at radius 2 is 2.18 bits per heavy atom. The lowest BCUT2D eigenvalue weighted by Gasteiger charge is -2.14. The molecule has 0 aliphatic heterocycles. The van der Waals surface area contributed by atoms with Crippen LogP contribution in [0.4, 0.5) is 0 Å². The van der Waals surface area contributed by atoms with Crippen LogP contribution in [0, 0.1) is 0 Å². The van der Waals surface area contributed by atoms with Gasteiger partial charge in [0.25, 0.3) is 0 Å². The summed E-state index contributed by atoms with van der Waals surface area (Å²) in [6.07, 6.45) is 0. The smallest absolute Gasteiger partial charge is 0.303 e. The highest BCUT2D eigenvalue weighted by molar-refractivity contribution is 6.84. The lowest BCUT2D eigenvalue weighted by atomic mass is 10.8. The van der Waals surface area contributed by atoms with Crippen LogP contribution < -0.4 is 0 Å². The molecule has 0 unspecified atom stereocenters. The standard InChI is InChI=1S/C8H16O2Si/c1-5-10-8(9)7-11(3,4)6-2/h6H,2,5,7H2,1,3-4H3. The molecule has 2 nitrogen and oxygen atoms in total. The quantitative estimate of drug-likeness (QED) is 0.479. The predicted molar refractivity (Wildman–Crippen MR) is 49.1 cm³/mol. The minimum Gasteiger partial charge on any atom is -0.466 e. The Hall–Kier alpha value is -0.573. The van der Waals surface area contributed by atoms with E-state index >= 15 is 0 Å². The fraction of sp³-hybridized carbons (Fsp3) is 0.625. The molecule has 0 saturated heterocycles. The minimum absolute atomic E-state index is 0.0935. The lowest BCUT2D eigenvalue weighted by molar-refractivity contribution is -0.140. The van der Waals surface area contributed by atoms with Crippen molar-refractivity contribution in [3.8, 4) is 0 Å². The molecule has 0 aliphatic carbocycles. The summed E-state index contributed by atoms with van der Waals surface area (Å²) < 4.78 is 4.83. The maximum absolute atomic E-state index is 11.0. The van der Waals surface area contributed by atoms with E-state index < -0.39 is 8.07 Å². The Balaban J connectivity index is 3.83. The van der Waals surface area contributed by atoms with E-state index in [9.17, 15) is 4.79 Å². The van der Waals surface area contributed by atoms with Crippen molar-refractivity contribution in [1.29, 1.82) is 0 Å². The number of ether oxygens (including phenoxy) is 1. The summed E-state index contributed by atoms with van der Waals surface area (Å²) in [4.78, 5) is 11.0. The summed E-state index contributed by atoms with van der Waals surface area (Å²) in [5.41, 5.74) is 1.91. The van der Waals surface area contributed by atoms with Crippen LogP contribution in [0.2, 0.25) is 19.1 Å². The van der Waals surface area contributed by atoms with Crippen molar-refractivity contribution in [3.63, 3.8) is 0 Å². The van der Waals surface area contributed by atoms with Crippen molar-refractivity contribution in [2.75, 3.05) is 6.61 Å². The molecule has 0 spiro atoms. The molecule has 0 bridgehead atoms. The molecule has 0 saturated carbocycles. The van der Waals surface area contributed by atoms with Gasteiger partial charge in [0.15, 0.2) is 0 Å². The van der Waals surface area contributed by atoms with E-state index in [0.29, 0.717) is 12.7 Å². The monoisotopic (exact) mass is 172 g/mol. The van der Waals surface area contributed by atoms with Crippen molar-refractivity contribution in [2.45, 2.75) is 26.1 Å². The summed E-state index contributed by atoms with van der Waals surface area (Å²) in [5.74, 6) is -0.0935. The van der Waals surface area contributed by atoms with Crippen molar-refractivity contribution in [1.82, 2.24) is 0 Å². The van der Waals surface area contributed by atoms with Crippen LogP contribution in [0.1, 0.15) is 6.92 Å². The first-order valence-corrected chi connectivity index (χ1v) is 7.09. The highest BCUT2D eigenvalue weighted by Gasteiger charge is 2.20. The molecule has 0 aromatic carbocycles. The summed E-state index contributed by atoms with van der Waals surface area (Å²) in [7, 11) is -1.49. The molecule has 0 N–H and O–H groups in total. The maximum Gasteiger partial charge on any atom is 0.303 e. The van der Waals surface area contributed by atoms with Gasteiger partial charge in [-0.15, -0.1) is 12.3 Å². The molecule has 0 amide bonds. The van der Waals surface area contributed by atoms with Crippen LogP contribution in [0.15, 0.2) is 12.3 Å². The Labute approximate surface area is 69.3 Å². The van der Waals surface area contributed by atoms with Gasteiger partial charge in [0, 0.05) is 6.04 Å². The Morgan fingerprint density at radius 1 is 1.64 bits per heavy atom. The molecule has 0 heterocycles. The molecule has 0 aliphatic rings. The molecule has 11 heavy (non-hydrogen) atoms. The second-order valence-corrected chi connectivity index (χ2v) is 7.91. The van der Waals surface area contributed by atoms with Gasteiger partial charge >= 0.3 is 5.97 Å². The van der Waals surface area contributed by atoms with Crippen molar-refractivity contribution < 1.29 is 9.53 Å². The number of carbonyl (C=O) groups excluding carboxylic acids is 1. The van der Waals surface area contributed by atoms with Gasteiger partial charge in [0.1, 0.15) is 0 Å². The first-order chi connectivity index (χ1) is 5.02. The van der Waals surface area contributed by atoms with Gasteiger partial charge in [0.2, 0.25) is 0 Å². The van der Waals surface area contributed by atoms with Gasteiger partial charge in [-0.05, 0) is 6.92 Å². The molecule has 0 radical (unpaired) electrons. The minimum atomic E-state index is -1.49. The van der Waals surface area contributed by atoms with Gasteiger partial charge < -0.3 is 4.74 Å². The molecule has 0 aromatic rings. The van der Waals surface area contributed by atoms with Crippen LogP contribution >= 0.6 is 0 Å². The van der Waals surface area contributed by atoms with E-state index in [0.717, 1.165) is 0 Å². The van der Waals surface area contributed by atoms with Crippen molar-refractivity contribution in [3.05, 3.63) is 12.3 Å². The van der Waals surface area contributed by atoms with Crippen LogP contribution in [0.3, 0.4) is 0 Å². The van der Waals surface area contributed by atoms with Crippen LogP contribution in [-0.4, -0.2) is 20.7 Å². The third-order valence-corrected chi connectivity index (χ3v) is 3.76. The summed E-state index contributed by atoms with van der Waals surface area (Å²) in [5, 5.41) is 0. The zero-order valence-corrected chi connectivity index (χ0v) is 8.52. The highest BCUT2D eigenvalue weighted by atomic mass is 28.3. The molecule has 3 heteroatoms. The van der Waals surface area contributed by atoms with E-state index in [1.807, 2.05) is 12.6 Å². The molecular formula is C8H16O2Si. The second kappa shape index (κ2) is 4.33. The highest BCUT2D eigenvalue weighted by Crippen LogP contribution is 2.10. The van der Waals surface area contributed by atoms with E-state index in [-0.39, 0.29) is 5.97 Å². The largest absolute Gasteiger partial charge is 0.466 e. The van der Waals surface area contributed by atoms with E-state index in [2.05, 4.69) is 19.7 Å². The second-order valence-electron chi connectivity index (χ2n) is 3.17. The summed E-state index contributed by atoms with van der Waals surface area (Å²) >= 11 is 0. The predicted octanol–water partition coefficient (Wildman–Crippen LogP) is 1.98. The fourth-order valence-electron chi connectivity index (χ4n) is 0.656. The number of rotatable bonds is 4. The summed E-state index contributed by atoms with van der Waals surface area (Å²) in [6.45, 7) is 10.2. The van der Waals surface area contributed by atoms with Gasteiger partial charge in [-0.2, -0.15) is 0 Å². The SMILES string of the molecule is C=C[Si](C)(C)CC(=O)OCC. The summed E-state index contributed by atoms with van der Waals surface area (Å²) in [6, 6.07) is 0.546. The Kier molecular flexibility index (Phi) is 4.11. The number of esters is 1. The number of carbonyl (C=O) groups is 1. The van der Waals surface area contributed by atoms with Gasteiger partial charge in [-0.1, -0.05) is 13.1 Å². The lowest BCUT2D eigenvalue weighted by Crippen LogP contribution is -2.27. The molecule has 0 fully saturated rings. The van der Waals surface area contributed by atoms with Gasteiger partial charge in [0.05, 0.1) is 14.7 Å². The Bertz CT molecular complexity index is 152. The molecular weight excluding hydrogens is 156 g/mol. The molecule has 64 valence electrons. The van der Waals surface area contributed by atoms with Crippen LogP contribution in [0.5, 0.6) is 0 Å². The first-order valence-electron chi connectivity index (χ1n) is 3.81. The van der Waals surface area contributed by atoms with E-state index in [4.69, 9.17) is 4.74 Å². The average Bonchev–Trinajstić information content (AvgIpc) is 1.87. The van der Waals surface area contributed by atoms with Crippen LogP contribution in [0.25, 0.3) is 0 Å². The van der Waals surface area contributed by atoms with Crippen molar-refractivity contribution >= 4 is 14.0 Å². The fourth-order valence-corrected chi connectivity index (χ4v) is 1.65. The van der Waals surface area contributed by atoms with Gasteiger partial charge in [-0.3, -0.25) is 4.79 Å². The molecule has 0 atom stereocenters. The molecule has 0 rings (SSSR count). The topological polar surface area (TPSA) is 26.3 Å². The number of hydrogen-bond acceptors (Lipinski definition) is 2.